The average molecular weight is 393 g/mol. The van der Waals surface area contributed by atoms with Gasteiger partial charge < -0.3 is 9.80 Å². The molecule has 152 valence electrons. The molecule has 7 nitrogen and oxygen atoms in total. The van der Waals surface area contributed by atoms with Gasteiger partial charge in [-0.05, 0) is 33.4 Å². The van der Waals surface area contributed by atoms with E-state index in [9.17, 15) is 4.79 Å². The molecule has 0 aliphatic carbocycles. The molecule has 1 amide bonds. The molecule has 1 aliphatic rings. The Morgan fingerprint density at radius 3 is 2.52 bits per heavy atom. The van der Waals surface area contributed by atoms with E-state index < -0.39 is 0 Å². The second kappa shape index (κ2) is 7.91. The van der Waals surface area contributed by atoms with Crippen LogP contribution < -0.4 is 0 Å². The predicted octanol–water partition coefficient (Wildman–Crippen LogP) is 2.42. The summed E-state index contributed by atoms with van der Waals surface area (Å²) in [6, 6.07) is 8.13. The number of aromatic nitrogens is 4. The molecule has 1 fully saturated rings. The Labute approximate surface area is 171 Å². The minimum Gasteiger partial charge on any atom is -0.340 e. The molecule has 1 saturated heterocycles. The van der Waals surface area contributed by atoms with Gasteiger partial charge >= 0.3 is 0 Å². The Balaban J connectivity index is 1.61. The van der Waals surface area contributed by atoms with Crippen molar-refractivity contribution in [1.82, 2.24) is 29.4 Å². The van der Waals surface area contributed by atoms with Crippen molar-refractivity contribution in [3.05, 3.63) is 46.8 Å². The molecule has 1 aromatic carbocycles. The van der Waals surface area contributed by atoms with Gasteiger partial charge in [0.2, 0.25) is 5.91 Å². The first-order chi connectivity index (χ1) is 14.0. The number of aryl methyl sites for hydroxylation is 3. The zero-order valence-electron chi connectivity index (χ0n) is 17.6. The van der Waals surface area contributed by atoms with Crippen molar-refractivity contribution < 1.29 is 4.79 Å². The van der Waals surface area contributed by atoms with Gasteiger partial charge in [-0.15, -0.1) is 5.10 Å². The third-order valence-corrected chi connectivity index (χ3v) is 5.83. The monoisotopic (exact) mass is 392 g/mol. The van der Waals surface area contributed by atoms with Crippen molar-refractivity contribution in [3.63, 3.8) is 0 Å². The number of fused-ring (bicyclic) bond motifs is 1. The summed E-state index contributed by atoms with van der Waals surface area (Å²) in [4.78, 5) is 26.5. The van der Waals surface area contributed by atoms with Gasteiger partial charge in [0, 0.05) is 48.7 Å². The van der Waals surface area contributed by atoms with Crippen LogP contribution >= 0.6 is 0 Å². The normalized spacial score (nSPS) is 15.2. The van der Waals surface area contributed by atoms with Crippen molar-refractivity contribution >= 4 is 11.7 Å². The maximum absolute atomic E-state index is 12.9. The average Bonchev–Trinajstić information content (AvgIpc) is 3.15. The molecular weight excluding hydrogens is 364 g/mol. The van der Waals surface area contributed by atoms with E-state index in [-0.39, 0.29) is 5.91 Å². The fraction of sp³-hybridized carbons (Fsp3) is 0.455. The fourth-order valence-corrected chi connectivity index (χ4v) is 3.95. The summed E-state index contributed by atoms with van der Waals surface area (Å²) in [5.74, 6) is 1.39. The lowest BCUT2D eigenvalue weighted by molar-refractivity contribution is -0.132. The van der Waals surface area contributed by atoms with Crippen molar-refractivity contribution in [2.75, 3.05) is 32.7 Å². The van der Waals surface area contributed by atoms with Crippen molar-refractivity contribution in [2.24, 2.45) is 0 Å². The minimum atomic E-state index is 0.159. The molecule has 0 bridgehead atoms. The largest absolute Gasteiger partial charge is 0.340 e. The lowest BCUT2D eigenvalue weighted by atomic mass is 10.1. The zero-order chi connectivity index (χ0) is 20.5. The number of hydrogen-bond donors (Lipinski definition) is 0. The molecule has 0 atom stereocenters. The van der Waals surface area contributed by atoms with Crippen LogP contribution in [0.2, 0.25) is 0 Å². The van der Waals surface area contributed by atoms with Crippen LogP contribution in [0, 0.1) is 20.8 Å². The lowest BCUT2D eigenvalue weighted by Crippen LogP contribution is -2.49. The number of amides is 1. The molecule has 4 rings (SSSR count). The van der Waals surface area contributed by atoms with Gasteiger partial charge in [-0.2, -0.15) is 4.98 Å². The number of likely N-dealkylation sites (N-methyl/N-ethyl adjacent to an activating group) is 1. The molecule has 2 aromatic heterocycles. The maximum atomic E-state index is 12.9. The number of carbonyl (C=O) groups excluding carboxylic acids is 1. The molecule has 7 heteroatoms. The highest BCUT2D eigenvalue weighted by atomic mass is 16.2. The van der Waals surface area contributed by atoms with Gasteiger partial charge in [-0.1, -0.05) is 30.7 Å². The molecule has 0 saturated carbocycles. The molecule has 3 aromatic rings. The maximum Gasteiger partial charge on any atom is 0.253 e. The van der Waals surface area contributed by atoms with E-state index in [2.05, 4.69) is 45.9 Å². The minimum absolute atomic E-state index is 0.159. The van der Waals surface area contributed by atoms with Crippen LogP contribution in [-0.4, -0.2) is 68.0 Å². The summed E-state index contributed by atoms with van der Waals surface area (Å²) in [5.41, 5.74) is 4.86. The SMILES string of the molecule is CCN1CCN(C(=O)Cc2c(C)nc3nc(-c4cccc(C)c4)nn3c2C)CC1. The predicted molar refractivity (Wildman–Crippen MR) is 113 cm³/mol. The second-order valence-corrected chi connectivity index (χ2v) is 7.77. The number of benzene rings is 1. The molecule has 0 N–H and O–H groups in total. The Hall–Kier alpha value is -2.80. The highest BCUT2D eigenvalue weighted by Gasteiger charge is 2.23. The van der Waals surface area contributed by atoms with Gasteiger partial charge in [-0.3, -0.25) is 4.79 Å². The highest BCUT2D eigenvalue weighted by molar-refractivity contribution is 5.79. The second-order valence-electron chi connectivity index (χ2n) is 7.77. The number of carbonyl (C=O) groups is 1. The van der Waals surface area contributed by atoms with Gasteiger partial charge in [0.1, 0.15) is 0 Å². The van der Waals surface area contributed by atoms with Crippen LogP contribution in [0.25, 0.3) is 17.2 Å². The third-order valence-electron chi connectivity index (χ3n) is 5.83. The first-order valence-electron chi connectivity index (χ1n) is 10.3. The van der Waals surface area contributed by atoms with E-state index in [1.54, 1.807) is 4.52 Å². The zero-order valence-corrected chi connectivity index (χ0v) is 17.6. The smallest absolute Gasteiger partial charge is 0.253 e. The summed E-state index contributed by atoms with van der Waals surface area (Å²) in [6.45, 7) is 12.7. The Morgan fingerprint density at radius 1 is 1.07 bits per heavy atom. The molecule has 0 unspecified atom stereocenters. The quantitative estimate of drug-likeness (QED) is 0.682. The lowest BCUT2D eigenvalue weighted by Gasteiger charge is -2.34. The van der Waals surface area contributed by atoms with Crippen LogP contribution in [0.4, 0.5) is 0 Å². The highest BCUT2D eigenvalue weighted by Crippen LogP contribution is 2.21. The number of rotatable bonds is 4. The number of nitrogens with zero attached hydrogens (tertiary/aromatic N) is 6. The summed E-state index contributed by atoms with van der Waals surface area (Å²) >= 11 is 0. The van der Waals surface area contributed by atoms with Crippen LogP contribution in [-0.2, 0) is 11.2 Å². The first kappa shape index (κ1) is 19.5. The van der Waals surface area contributed by atoms with E-state index in [1.807, 2.05) is 30.9 Å². The molecule has 29 heavy (non-hydrogen) atoms. The third kappa shape index (κ3) is 3.87. The number of piperazine rings is 1. The molecule has 0 radical (unpaired) electrons. The number of hydrogen-bond acceptors (Lipinski definition) is 5. The standard InChI is InChI=1S/C22H28N6O/c1-5-26-9-11-27(12-10-26)20(29)14-19-16(3)23-22-24-21(25-28(22)17(19)4)18-8-6-7-15(2)13-18/h6-8,13H,5,9-12,14H2,1-4H3. The molecular formula is C22H28N6O. The summed E-state index contributed by atoms with van der Waals surface area (Å²) < 4.78 is 1.77. The summed E-state index contributed by atoms with van der Waals surface area (Å²) in [7, 11) is 0. The van der Waals surface area contributed by atoms with Crippen molar-refractivity contribution in [1.29, 1.82) is 0 Å². The Kier molecular flexibility index (Phi) is 5.32. The Bertz CT molecular complexity index is 1050. The van der Waals surface area contributed by atoms with Crippen molar-refractivity contribution in [2.45, 2.75) is 34.1 Å². The van der Waals surface area contributed by atoms with E-state index in [0.29, 0.717) is 18.0 Å². The first-order valence-corrected chi connectivity index (χ1v) is 10.3. The van der Waals surface area contributed by atoms with Crippen molar-refractivity contribution in [3.8, 4) is 11.4 Å². The fourth-order valence-electron chi connectivity index (χ4n) is 3.95. The van der Waals surface area contributed by atoms with Gasteiger partial charge in [0.15, 0.2) is 5.82 Å². The summed E-state index contributed by atoms with van der Waals surface area (Å²) in [5, 5.41) is 4.68. The van der Waals surface area contributed by atoms with Gasteiger partial charge in [-0.25, -0.2) is 9.50 Å². The topological polar surface area (TPSA) is 66.6 Å². The van der Waals surface area contributed by atoms with E-state index >= 15 is 0 Å². The van der Waals surface area contributed by atoms with E-state index in [1.165, 1.54) is 0 Å². The summed E-state index contributed by atoms with van der Waals surface area (Å²) in [6.07, 6.45) is 0.354. The van der Waals surface area contributed by atoms with E-state index in [4.69, 9.17) is 0 Å². The van der Waals surface area contributed by atoms with Crippen LogP contribution in [0.5, 0.6) is 0 Å². The molecule has 1 aliphatic heterocycles. The Morgan fingerprint density at radius 2 is 1.83 bits per heavy atom. The van der Waals surface area contributed by atoms with Crippen LogP contribution in [0.1, 0.15) is 29.4 Å². The van der Waals surface area contributed by atoms with Crippen LogP contribution in [0.3, 0.4) is 0 Å². The molecule has 3 heterocycles. The van der Waals surface area contributed by atoms with Crippen LogP contribution in [0.15, 0.2) is 24.3 Å². The molecule has 0 spiro atoms. The van der Waals surface area contributed by atoms with E-state index in [0.717, 1.165) is 60.8 Å². The van der Waals surface area contributed by atoms with Gasteiger partial charge in [0.05, 0.1) is 6.42 Å². The van der Waals surface area contributed by atoms with Gasteiger partial charge in [0.25, 0.3) is 5.78 Å².